The van der Waals surface area contributed by atoms with Gasteiger partial charge in [0, 0.05) is 43.4 Å². The number of hydrogen-bond donors (Lipinski definition) is 1. The average molecular weight is 371 g/mol. The van der Waals surface area contributed by atoms with Crippen molar-refractivity contribution >= 4 is 16.9 Å². The van der Waals surface area contributed by atoms with Crippen LogP contribution in [-0.4, -0.2) is 44.2 Å². The third-order valence-corrected chi connectivity index (χ3v) is 6.86. The van der Waals surface area contributed by atoms with Crippen molar-refractivity contribution in [2.75, 3.05) is 13.1 Å². The summed E-state index contributed by atoms with van der Waals surface area (Å²) in [6.45, 7) is 3.55. The molecule has 6 heteroatoms. The molecule has 2 aromatic rings. The molecule has 0 aromatic carbocycles. The maximum atomic E-state index is 13.8. The van der Waals surface area contributed by atoms with E-state index >= 15 is 0 Å². The number of amides is 1. The van der Waals surface area contributed by atoms with E-state index in [0.29, 0.717) is 35.2 Å². The van der Waals surface area contributed by atoms with Gasteiger partial charge in [0.15, 0.2) is 0 Å². The normalized spacial score (nSPS) is 29.5. The summed E-state index contributed by atoms with van der Waals surface area (Å²) >= 11 is 0. The van der Waals surface area contributed by atoms with E-state index in [9.17, 15) is 14.3 Å². The molecule has 2 aromatic heterocycles. The summed E-state index contributed by atoms with van der Waals surface area (Å²) < 4.78 is 15.5. The van der Waals surface area contributed by atoms with E-state index in [1.54, 1.807) is 11.5 Å². The quantitative estimate of drug-likeness (QED) is 0.902. The van der Waals surface area contributed by atoms with Crippen LogP contribution in [0.1, 0.15) is 38.3 Å². The van der Waals surface area contributed by atoms with Crippen LogP contribution < -0.4 is 0 Å². The van der Waals surface area contributed by atoms with Gasteiger partial charge >= 0.3 is 0 Å². The number of rotatable bonds is 3. The summed E-state index contributed by atoms with van der Waals surface area (Å²) in [6.07, 6.45) is 5.88. The number of fused-ring (bicyclic) bond motifs is 1. The van der Waals surface area contributed by atoms with Gasteiger partial charge in [-0.1, -0.05) is 0 Å². The number of aromatic nitrogens is 2. The van der Waals surface area contributed by atoms with Gasteiger partial charge in [-0.2, -0.15) is 0 Å². The highest BCUT2D eigenvalue weighted by Gasteiger charge is 2.55. The average Bonchev–Trinajstić information content (AvgIpc) is 2.79. The van der Waals surface area contributed by atoms with Crippen LogP contribution in [0.25, 0.3) is 11.0 Å². The van der Waals surface area contributed by atoms with Crippen LogP contribution in [0.2, 0.25) is 0 Å². The van der Waals surface area contributed by atoms with E-state index in [1.165, 1.54) is 6.20 Å². The standard InChI is InChI=1S/C21H26FN3O2/c1-20(27)8-14(9-20)19(26)25-11-21(12-25)6-13(7-21)5-15-3-4-16-17(22)10-24(2)18(16)23-15/h3-4,10,13-14,27H,5-9,11-12H2,1-2H3/t14-,20+. The predicted molar refractivity (Wildman–Crippen MR) is 99.5 cm³/mol. The molecule has 2 saturated carbocycles. The molecule has 1 saturated heterocycles. The molecule has 1 amide bonds. The molecular weight excluding hydrogens is 345 g/mol. The van der Waals surface area contributed by atoms with Crippen molar-refractivity contribution in [3.8, 4) is 0 Å². The second-order valence-corrected chi connectivity index (χ2v) is 9.54. The summed E-state index contributed by atoms with van der Waals surface area (Å²) in [6, 6.07) is 3.77. The molecule has 3 fully saturated rings. The molecular formula is C21H26FN3O2. The van der Waals surface area contributed by atoms with Crippen LogP contribution in [0.15, 0.2) is 18.3 Å². The first kappa shape index (κ1) is 17.2. The third kappa shape index (κ3) is 2.76. The van der Waals surface area contributed by atoms with Crippen molar-refractivity contribution in [3.63, 3.8) is 0 Å². The summed E-state index contributed by atoms with van der Waals surface area (Å²) in [5, 5.41) is 10.4. The molecule has 1 N–H and O–H groups in total. The van der Waals surface area contributed by atoms with Crippen molar-refractivity contribution in [3.05, 3.63) is 29.8 Å². The number of nitrogens with zero attached hydrogens (tertiary/aromatic N) is 3. The van der Waals surface area contributed by atoms with E-state index in [0.717, 1.165) is 38.0 Å². The fraction of sp³-hybridized carbons (Fsp3) is 0.619. The lowest BCUT2D eigenvalue weighted by Gasteiger charge is -2.60. The molecule has 1 spiro atoms. The fourth-order valence-electron chi connectivity index (χ4n) is 5.57. The number of likely N-dealkylation sites (tertiary alicyclic amines) is 1. The van der Waals surface area contributed by atoms with Gasteiger partial charge in [0.05, 0.1) is 11.0 Å². The number of carbonyl (C=O) groups excluding carboxylic acids is 1. The first-order chi connectivity index (χ1) is 12.7. The second-order valence-electron chi connectivity index (χ2n) is 9.54. The Morgan fingerprint density at radius 1 is 1.30 bits per heavy atom. The Morgan fingerprint density at radius 2 is 2.00 bits per heavy atom. The predicted octanol–water partition coefficient (Wildman–Crippen LogP) is 2.65. The summed E-state index contributed by atoms with van der Waals surface area (Å²) in [4.78, 5) is 19.0. The minimum absolute atomic E-state index is 0.0230. The molecule has 5 nitrogen and oxygen atoms in total. The maximum Gasteiger partial charge on any atom is 0.225 e. The smallest absolute Gasteiger partial charge is 0.225 e. The van der Waals surface area contributed by atoms with Crippen LogP contribution in [0, 0.1) is 23.1 Å². The Bertz CT molecular complexity index is 913. The maximum absolute atomic E-state index is 13.8. The van der Waals surface area contributed by atoms with Crippen molar-refractivity contribution in [2.45, 2.75) is 44.6 Å². The zero-order chi connectivity index (χ0) is 19.0. The molecule has 1 aliphatic heterocycles. The van der Waals surface area contributed by atoms with E-state index in [4.69, 9.17) is 0 Å². The molecule has 0 unspecified atom stereocenters. The lowest BCUT2D eigenvalue weighted by molar-refractivity contribution is -0.171. The molecule has 0 bridgehead atoms. The van der Waals surface area contributed by atoms with E-state index < -0.39 is 5.60 Å². The van der Waals surface area contributed by atoms with E-state index in [-0.39, 0.29) is 17.6 Å². The molecule has 5 rings (SSSR count). The van der Waals surface area contributed by atoms with Crippen molar-refractivity contribution in [1.29, 1.82) is 0 Å². The van der Waals surface area contributed by atoms with Crippen molar-refractivity contribution < 1.29 is 14.3 Å². The number of aliphatic hydroxyl groups is 1. The van der Waals surface area contributed by atoms with Gasteiger partial charge in [-0.3, -0.25) is 4.79 Å². The van der Waals surface area contributed by atoms with Gasteiger partial charge in [0.25, 0.3) is 0 Å². The molecule has 3 heterocycles. The Balaban J connectivity index is 1.15. The van der Waals surface area contributed by atoms with Gasteiger partial charge in [-0.25, -0.2) is 9.37 Å². The molecule has 144 valence electrons. The summed E-state index contributed by atoms with van der Waals surface area (Å²) in [5.74, 6) is 0.631. The second kappa shape index (κ2) is 5.53. The highest BCUT2D eigenvalue weighted by Crippen LogP contribution is 2.53. The number of hydrogen-bond acceptors (Lipinski definition) is 3. The summed E-state index contributed by atoms with van der Waals surface area (Å²) in [7, 11) is 1.82. The first-order valence-electron chi connectivity index (χ1n) is 9.85. The monoisotopic (exact) mass is 371 g/mol. The lowest BCUT2D eigenvalue weighted by Crippen LogP contribution is -2.66. The zero-order valence-corrected chi connectivity index (χ0v) is 15.9. The van der Waals surface area contributed by atoms with Crippen LogP contribution in [0.4, 0.5) is 4.39 Å². The highest BCUT2D eigenvalue weighted by atomic mass is 19.1. The molecule has 27 heavy (non-hydrogen) atoms. The number of halogens is 1. The minimum atomic E-state index is -0.639. The Hall–Kier alpha value is -1.95. The van der Waals surface area contributed by atoms with Crippen LogP contribution in [0.3, 0.4) is 0 Å². The SMILES string of the molecule is Cn1cc(F)c2ccc(CC3CC4(C3)CN(C(=O)[C@H]3C[C@@](C)(O)C3)C4)nc21. The minimum Gasteiger partial charge on any atom is -0.390 e. The first-order valence-corrected chi connectivity index (χ1v) is 9.85. The molecule has 2 aliphatic carbocycles. The highest BCUT2D eigenvalue weighted by molar-refractivity contribution is 5.81. The van der Waals surface area contributed by atoms with Gasteiger partial charge in [0.2, 0.25) is 5.91 Å². The largest absolute Gasteiger partial charge is 0.390 e. The van der Waals surface area contributed by atoms with E-state index in [1.807, 2.05) is 24.1 Å². The van der Waals surface area contributed by atoms with Crippen LogP contribution in [0.5, 0.6) is 0 Å². The lowest BCUT2D eigenvalue weighted by atomic mass is 9.56. The van der Waals surface area contributed by atoms with Gasteiger partial charge in [-0.05, 0) is 57.1 Å². The van der Waals surface area contributed by atoms with E-state index in [2.05, 4.69) is 4.98 Å². The number of carbonyl (C=O) groups is 1. The number of pyridine rings is 1. The fourth-order valence-corrected chi connectivity index (χ4v) is 5.57. The van der Waals surface area contributed by atoms with Gasteiger partial charge < -0.3 is 14.6 Å². The molecule has 3 aliphatic rings. The van der Waals surface area contributed by atoms with Gasteiger partial charge in [-0.15, -0.1) is 0 Å². The third-order valence-electron chi connectivity index (χ3n) is 6.86. The van der Waals surface area contributed by atoms with Crippen molar-refractivity contribution in [1.82, 2.24) is 14.5 Å². The van der Waals surface area contributed by atoms with Gasteiger partial charge in [0.1, 0.15) is 11.5 Å². The van der Waals surface area contributed by atoms with Crippen LogP contribution in [-0.2, 0) is 18.3 Å². The summed E-state index contributed by atoms with van der Waals surface area (Å²) in [5.41, 5.74) is 1.40. The molecule has 0 radical (unpaired) electrons. The van der Waals surface area contributed by atoms with Crippen molar-refractivity contribution in [2.24, 2.45) is 24.3 Å². The zero-order valence-electron chi connectivity index (χ0n) is 15.9. The van der Waals surface area contributed by atoms with Crippen LogP contribution >= 0.6 is 0 Å². The Kier molecular flexibility index (Phi) is 3.52. The Morgan fingerprint density at radius 3 is 2.67 bits per heavy atom. The Labute approximate surface area is 158 Å². The topological polar surface area (TPSA) is 58.4 Å². The molecule has 0 atom stereocenters. The number of aryl methyl sites for hydroxylation is 1.